The Balaban J connectivity index is 2.09. The maximum absolute atomic E-state index is 11.8. The number of aromatic nitrogens is 3. The molecule has 2 heterocycles. The van der Waals surface area contributed by atoms with Crippen molar-refractivity contribution in [2.24, 2.45) is 0 Å². The molecule has 2 aromatic heterocycles. The summed E-state index contributed by atoms with van der Waals surface area (Å²) in [6.45, 7) is 1.96. The van der Waals surface area contributed by atoms with Crippen LogP contribution in [0.25, 0.3) is 0 Å². The van der Waals surface area contributed by atoms with E-state index >= 15 is 0 Å². The Morgan fingerprint density at radius 2 is 2.38 bits per heavy atom. The minimum absolute atomic E-state index is 0.194. The molecule has 6 nitrogen and oxygen atoms in total. The van der Waals surface area contributed by atoms with Gasteiger partial charge in [-0.15, -0.1) is 11.3 Å². The lowest BCUT2D eigenvalue weighted by atomic mass is 10.4. The maximum Gasteiger partial charge on any atom is 0.252 e. The fraction of sp³-hybridized carbons (Fsp3) is 0.250. The van der Waals surface area contributed by atoms with E-state index in [-0.39, 0.29) is 10.8 Å². The first-order valence-corrected chi connectivity index (χ1v) is 6.78. The smallest absolute Gasteiger partial charge is 0.252 e. The number of nitrogens with zero attached hydrogens (tertiary/aromatic N) is 2. The summed E-state index contributed by atoms with van der Waals surface area (Å²) in [5, 5.41) is 7.13. The van der Waals surface area contributed by atoms with Gasteiger partial charge in [0.1, 0.15) is 0 Å². The van der Waals surface area contributed by atoms with Crippen LogP contribution in [0.15, 0.2) is 22.7 Å². The number of aromatic amines is 1. The summed E-state index contributed by atoms with van der Waals surface area (Å²) >= 11 is 1.14. The fourth-order valence-corrected chi connectivity index (χ4v) is 3.25. The second-order valence-corrected chi connectivity index (χ2v) is 6.33. The Bertz CT molecular complexity index is 559. The van der Waals surface area contributed by atoms with Crippen LogP contribution in [0.4, 0.5) is 0 Å². The minimum Gasteiger partial charge on any atom is -0.281 e. The molecule has 2 rings (SSSR count). The summed E-state index contributed by atoms with van der Waals surface area (Å²) in [6.07, 6.45) is 2.93. The van der Waals surface area contributed by atoms with Gasteiger partial charge in [-0.25, -0.2) is 18.1 Å². The van der Waals surface area contributed by atoms with E-state index in [1.807, 2.05) is 0 Å². The molecule has 2 aromatic rings. The Morgan fingerprint density at radius 1 is 1.56 bits per heavy atom. The van der Waals surface area contributed by atoms with E-state index in [1.54, 1.807) is 19.2 Å². The second-order valence-electron chi connectivity index (χ2n) is 3.10. The Labute approximate surface area is 96.8 Å². The monoisotopic (exact) mass is 258 g/mol. The van der Waals surface area contributed by atoms with Gasteiger partial charge in [-0.3, -0.25) is 5.10 Å². The number of aryl methyl sites for hydroxylation is 1. The molecule has 0 amide bonds. The van der Waals surface area contributed by atoms with Crippen LogP contribution >= 0.6 is 11.3 Å². The summed E-state index contributed by atoms with van der Waals surface area (Å²) in [6, 6.07) is 1.71. The quantitative estimate of drug-likeness (QED) is 0.843. The second kappa shape index (κ2) is 4.32. The molecule has 0 radical (unpaired) electrons. The van der Waals surface area contributed by atoms with Crippen LogP contribution in [-0.2, 0) is 16.6 Å². The van der Waals surface area contributed by atoms with Gasteiger partial charge in [-0.05, 0) is 13.0 Å². The van der Waals surface area contributed by atoms with Gasteiger partial charge in [0, 0.05) is 6.20 Å². The summed E-state index contributed by atoms with van der Waals surface area (Å²) < 4.78 is 26.2. The summed E-state index contributed by atoms with van der Waals surface area (Å²) in [7, 11) is -3.46. The molecule has 8 heteroatoms. The number of hydrogen-bond acceptors (Lipinski definition) is 5. The van der Waals surface area contributed by atoms with Crippen LogP contribution in [0, 0.1) is 6.92 Å². The van der Waals surface area contributed by atoms with Gasteiger partial charge in [-0.1, -0.05) is 0 Å². The van der Waals surface area contributed by atoms with Crippen molar-refractivity contribution >= 4 is 21.4 Å². The molecule has 86 valence electrons. The van der Waals surface area contributed by atoms with E-state index < -0.39 is 10.0 Å². The Morgan fingerprint density at radius 3 is 2.94 bits per heavy atom. The molecule has 0 unspecified atom stereocenters. The molecule has 0 aliphatic carbocycles. The number of H-pyrrole nitrogens is 1. The van der Waals surface area contributed by atoms with Crippen LogP contribution in [0.1, 0.15) is 10.7 Å². The van der Waals surface area contributed by atoms with Gasteiger partial charge in [-0.2, -0.15) is 5.10 Å². The summed E-state index contributed by atoms with van der Waals surface area (Å²) in [5.41, 5.74) is 0.713. The SMILES string of the molecule is Cc1ncc(S(=O)(=O)NCc2ccn[nH]2)s1. The van der Waals surface area contributed by atoms with Crippen LogP contribution in [0.5, 0.6) is 0 Å². The highest BCUT2D eigenvalue weighted by molar-refractivity contribution is 7.91. The van der Waals surface area contributed by atoms with E-state index in [0.29, 0.717) is 5.69 Å². The zero-order valence-electron chi connectivity index (χ0n) is 8.47. The zero-order valence-corrected chi connectivity index (χ0v) is 10.1. The third-order valence-corrected chi connectivity index (χ3v) is 4.65. The first-order chi connectivity index (χ1) is 7.58. The highest BCUT2D eigenvalue weighted by Gasteiger charge is 2.16. The number of thiazole rings is 1. The highest BCUT2D eigenvalue weighted by Crippen LogP contribution is 2.17. The van der Waals surface area contributed by atoms with Crippen molar-refractivity contribution in [1.82, 2.24) is 19.9 Å². The predicted molar refractivity (Wildman–Crippen MR) is 59.5 cm³/mol. The van der Waals surface area contributed by atoms with Crippen molar-refractivity contribution in [2.45, 2.75) is 17.7 Å². The average molecular weight is 258 g/mol. The lowest BCUT2D eigenvalue weighted by molar-refractivity contribution is 0.582. The molecule has 0 aliphatic rings. The molecule has 0 saturated heterocycles. The summed E-state index contributed by atoms with van der Waals surface area (Å²) in [5.74, 6) is 0. The number of sulfonamides is 1. The van der Waals surface area contributed by atoms with Gasteiger partial charge in [0.25, 0.3) is 10.0 Å². The average Bonchev–Trinajstić information content (AvgIpc) is 2.85. The predicted octanol–water partition coefficient (Wildman–Crippen LogP) is 0.653. The molecule has 0 aliphatic heterocycles. The molecule has 0 saturated carbocycles. The molecular formula is C8H10N4O2S2. The van der Waals surface area contributed by atoms with Crippen molar-refractivity contribution < 1.29 is 8.42 Å². The number of hydrogen-bond donors (Lipinski definition) is 2. The van der Waals surface area contributed by atoms with Gasteiger partial charge >= 0.3 is 0 Å². The van der Waals surface area contributed by atoms with Gasteiger partial charge in [0.2, 0.25) is 0 Å². The van der Waals surface area contributed by atoms with Crippen LogP contribution < -0.4 is 4.72 Å². The van der Waals surface area contributed by atoms with E-state index in [0.717, 1.165) is 16.3 Å². The van der Waals surface area contributed by atoms with Crippen LogP contribution in [0.2, 0.25) is 0 Å². The molecule has 0 bridgehead atoms. The Hall–Kier alpha value is -1.25. The van der Waals surface area contributed by atoms with Gasteiger partial charge in [0.05, 0.1) is 23.4 Å². The Kier molecular flexibility index (Phi) is 3.03. The lowest BCUT2D eigenvalue weighted by Crippen LogP contribution is -2.22. The van der Waals surface area contributed by atoms with Crippen molar-refractivity contribution in [2.75, 3.05) is 0 Å². The van der Waals surface area contributed by atoms with Crippen molar-refractivity contribution in [3.05, 3.63) is 29.2 Å². The third kappa shape index (κ3) is 2.46. The van der Waals surface area contributed by atoms with Crippen LogP contribution in [0.3, 0.4) is 0 Å². The van der Waals surface area contributed by atoms with E-state index in [4.69, 9.17) is 0 Å². The lowest BCUT2D eigenvalue weighted by Gasteiger charge is -2.01. The zero-order chi connectivity index (χ0) is 11.6. The molecule has 0 atom stereocenters. The molecule has 16 heavy (non-hydrogen) atoms. The van der Waals surface area contributed by atoms with Gasteiger partial charge < -0.3 is 0 Å². The highest BCUT2D eigenvalue weighted by atomic mass is 32.2. The first-order valence-electron chi connectivity index (χ1n) is 4.48. The molecule has 0 aromatic carbocycles. The van der Waals surface area contributed by atoms with Crippen LogP contribution in [-0.4, -0.2) is 23.6 Å². The number of nitrogens with one attached hydrogen (secondary N) is 2. The molecular weight excluding hydrogens is 248 g/mol. The number of rotatable bonds is 4. The molecule has 0 fully saturated rings. The van der Waals surface area contributed by atoms with Gasteiger partial charge in [0.15, 0.2) is 4.21 Å². The standard InChI is InChI=1S/C8H10N4O2S2/c1-6-9-5-8(15-6)16(13,14)11-4-7-2-3-10-12-7/h2-3,5,11H,4H2,1H3,(H,10,12). The normalized spacial score (nSPS) is 11.8. The largest absolute Gasteiger partial charge is 0.281 e. The van der Waals surface area contributed by atoms with E-state index in [1.165, 1.54) is 6.20 Å². The third-order valence-electron chi connectivity index (χ3n) is 1.88. The van der Waals surface area contributed by atoms with Crippen molar-refractivity contribution in [3.63, 3.8) is 0 Å². The minimum atomic E-state index is -3.46. The topological polar surface area (TPSA) is 87.7 Å². The summed E-state index contributed by atoms with van der Waals surface area (Å²) in [4.78, 5) is 3.91. The maximum atomic E-state index is 11.8. The molecule has 2 N–H and O–H groups in total. The first kappa shape index (κ1) is 11.2. The fourth-order valence-electron chi connectivity index (χ4n) is 1.09. The molecule has 0 spiro atoms. The van der Waals surface area contributed by atoms with Crippen molar-refractivity contribution in [3.8, 4) is 0 Å². The van der Waals surface area contributed by atoms with Crippen molar-refractivity contribution in [1.29, 1.82) is 0 Å². The van der Waals surface area contributed by atoms with E-state index in [2.05, 4.69) is 19.9 Å². The van der Waals surface area contributed by atoms with E-state index in [9.17, 15) is 8.42 Å².